The Bertz CT molecular complexity index is 744. The number of anilines is 1. The third kappa shape index (κ3) is 7.47. The second-order valence-corrected chi connectivity index (χ2v) is 7.53. The molecule has 0 bridgehead atoms. The van der Waals surface area contributed by atoms with Gasteiger partial charge in [0.1, 0.15) is 0 Å². The van der Waals surface area contributed by atoms with Gasteiger partial charge in [0, 0.05) is 17.1 Å². The summed E-state index contributed by atoms with van der Waals surface area (Å²) < 4.78 is 0. The number of benzene rings is 2. The van der Waals surface area contributed by atoms with E-state index in [1.54, 1.807) is 0 Å². The van der Waals surface area contributed by atoms with Crippen LogP contribution >= 0.6 is 11.8 Å². The van der Waals surface area contributed by atoms with Crippen LogP contribution in [0.25, 0.3) is 0 Å². The summed E-state index contributed by atoms with van der Waals surface area (Å²) in [4.78, 5) is 25.5. The quantitative estimate of drug-likeness (QED) is 0.446. The predicted octanol–water partition coefficient (Wildman–Crippen LogP) is 5.04. The normalized spacial score (nSPS) is 10.4. The van der Waals surface area contributed by atoms with Gasteiger partial charge in [0.15, 0.2) is 0 Å². The van der Waals surface area contributed by atoms with Gasteiger partial charge in [0.05, 0.1) is 11.3 Å². The Morgan fingerprint density at radius 3 is 2.44 bits per heavy atom. The lowest BCUT2D eigenvalue weighted by molar-refractivity contribution is -0.113. The number of thioether (sulfide) groups is 1. The van der Waals surface area contributed by atoms with Crippen LogP contribution in [0.5, 0.6) is 0 Å². The lowest BCUT2D eigenvalue weighted by atomic mass is 10.2. The Morgan fingerprint density at radius 1 is 0.963 bits per heavy atom. The molecule has 0 heterocycles. The number of rotatable bonds is 10. The van der Waals surface area contributed by atoms with E-state index in [0.29, 0.717) is 12.1 Å². The van der Waals surface area contributed by atoms with E-state index in [-0.39, 0.29) is 17.6 Å². The summed E-state index contributed by atoms with van der Waals surface area (Å²) in [6, 6.07) is 15.1. The zero-order valence-corrected chi connectivity index (χ0v) is 16.9. The number of hydrogen-bond donors (Lipinski definition) is 2. The molecule has 5 heteroatoms. The zero-order valence-electron chi connectivity index (χ0n) is 16.1. The van der Waals surface area contributed by atoms with E-state index in [1.807, 2.05) is 55.5 Å². The number of unbranched alkanes of at least 4 members (excludes halogenated alkanes) is 3. The zero-order chi connectivity index (χ0) is 19.5. The molecule has 144 valence electrons. The number of amides is 2. The lowest BCUT2D eigenvalue weighted by Gasteiger charge is -2.10. The minimum Gasteiger partial charge on any atom is -0.352 e. The van der Waals surface area contributed by atoms with Gasteiger partial charge in [-0.3, -0.25) is 9.59 Å². The number of hydrogen-bond acceptors (Lipinski definition) is 3. The van der Waals surface area contributed by atoms with Gasteiger partial charge < -0.3 is 10.6 Å². The lowest BCUT2D eigenvalue weighted by Crippen LogP contribution is -2.25. The minimum absolute atomic E-state index is 0.0754. The molecule has 0 spiro atoms. The van der Waals surface area contributed by atoms with E-state index in [4.69, 9.17) is 0 Å². The second-order valence-electron chi connectivity index (χ2n) is 6.52. The number of carbonyl (C=O) groups excluding carboxylic acids is 2. The van der Waals surface area contributed by atoms with Crippen LogP contribution in [0.1, 0.15) is 48.5 Å². The van der Waals surface area contributed by atoms with Crippen LogP contribution in [0, 0.1) is 6.92 Å². The number of nitrogens with one attached hydrogen (secondary N) is 2. The van der Waals surface area contributed by atoms with E-state index in [0.717, 1.165) is 29.0 Å². The molecule has 0 aromatic heterocycles. The fourth-order valence-electron chi connectivity index (χ4n) is 2.61. The standard InChI is InChI=1S/C22H28N2O2S/c1-3-4-5-8-15-23-22(26)19-9-6-7-10-20(19)27-16-21(25)24-18-13-11-17(2)12-14-18/h6-7,9-14H,3-5,8,15-16H2,1-2H3,(H,23,26)(H,24,25). The molecule has 0 aliphatic heterocycles. The van der Waals surface area contributed by atoms with Crippen molar-refractivity contribution in [1.29, 1.82) is 0 Å². The molecule has 0 saturated heterocycles. The monoisotopic (exact) mass is 384 g/mol. The topological polar surface area (TPSA) is 58.2 Å². The van der Waals surface area contributed by atoms with Crippen LogP contribution in [0.2, 0.25) is 0 Å². The van der Waals surface area contributed by atoms with Gasteiger partial charge in [0.25, 0.3) is 5.91 Å². The first-order chi connectivity index (χ1) is 13.1. The highest BCUT2D eigenvalue weighted by Gasteiger charge is 2.12. The molecule has 0 atom stereocenters. The Labute approximate surface area is 166 Å². The van der Waals surface area contributed by atoms with Crippen molar-refractivity contribution in [2.24, 2.45) is 0 Å². The molecule has 0 unspecified atom stereocenters. The van der Waals surface area contributed by atoms with Gasteiger partial charge in [-0.2, -0.15) is 0 Å². The molecule has 0 saturated carbocycles. The van der Waals surface area contributed by atoms with E-state index in [2.05, 4.69) is 17.6 Å². The third-order valence-electron chi connectivity index (χ3n) is 4.14. The van der Waals surface area contributed by atoms with Gasteiger partial charge in [-0.25, -0.2) is 0 Å². The molecule has 2 N–H and O–H groups in total. The summed E-state index contributed by atoms with van der Waals surface area (Å²) in [5.74, 6) is 0.0986. The van der Waals surface area contributed by atoms with Crippen LogP contribution in [0.3, 0.4) is 0 Å². The average molecular weight is 385 g/mol. The van der Waals surface area contributed by atoms with E-state index < -0.39 is 0 Å². The van der Waals surface area contributed by atoms with Crippen LogP contribution < -0.4 is 10.6 Å². The van der Waals surface area contributed by atoms with Crippen molar-refractivity contribution in [3.05, 3.63) is 59.7 Å². The van der Waals surface area contributed by atoms with Gasteiger partial charge >= 0.3 is 0 Å². The molecule has 4 nitrogen and oxygen atoms in total. The second kappa shape index (κ2) is 11.4. The number of aryl methyl sites for hydroxylation is 1. The molecule has 27 heavy (non-hydrogen) atoms. The highest BCUT2D eigenvalue weighted by atomic mass is 32.2. The Kier molecular flexibility index (Phi) is 8.92. The van der Waals surface area contributed by atoms with Gasteiger partial charge in [-0.15, -0.1) is 11.8 Å². The largest absolute Gasteiger partial charge is 0.352 e. The third-order valence-corrected chi connectivity index (χ3v) is 5.22. The molecular formula is C22H28N2O2S. The fourth-order valence-corrected chi connectivity index (χ4v) is 3.46. The van der Waals surface area contributed by atoms with Crippen molar-refractivity contribution in [3.63, 3.8) is 0 Å². The first kappa shape index (κ1) is 21.0. The maximum Gasteiger partial charge on any atom is 0.252 e. The minimum atomic E-state index is -0.0846. The summed E-state index contributed by atoms with van der Waals surface area (Å²) in [7, 11) is 0. The summed E-state index contributed by atoms with van der Waals surface area (Å²) in [5.41, 5.74) is 2.56. The highest BCUT2D eigenvalue weighted by molar-refractivity contribution is 8.00. The molecule has 2 rings (SSSR count). The van der Waals surface area contributed by atoms with Crippen LogP contribution in [-0.2, 0) is 4.79 Å². The summed E-state index contributed by atoms with van der Waals surface area (Å²) in [5, 5.41) is 5.86. The molecular weight excluding hydrogens is 356 g/mol. The first-order valence-electron chi connectivity index (χ1n) is 9.46. The molecule has 0 fully saturated rings. The predicted molar refractivity (Wildman–Crippen MR) is 113 cm³/mol. The summed E-state index contributed by atoms with van der Waals surface area (Å²) in [6.07, 6.45) is 4.50. The maximum atomic E-state index is 12.4. The molecule has 0 aliphatic carbocycles. The van der Waals surface area contributed by atoms with Gasteiger partial charge in [-0.05, 0) is 37.6 Å². The van der Waals surface area contributed by atoms with Crippen molar-refractivity contribution in [1.82, 2.24) is 5.32 Å². The molecule has 2 aromatic carbocycles. The van der Waals surface area contributed by atoms with Crippen molar-refractivity contribution < 1.29 is 9.59 Å². The van der Waals surface area contributed by atoms with Crippen molar-refractivity contribution in [3.8, 4) is 0 Å². The molecule has 0 radical (unpaired) electrons. The first-order valence-corrected chi connectivity index (χ1v) is 10.4. The van der Waals surface area contributed by atoms with E-state index >= 15 is 0 Å². The fraction of sp³-hybridized carbons (Fsp3) is 0.364. The maximum absolute atomic E-state index is 12.4. The SMILES string of the molecule is CCCCCCNC(=O)c1ccccc1SCC(=O)Nc1ccc(C)cc1. The molecule has 2 aromatic rings. The summed E-state index contributed by atoms with van der Waals surface area (Å²) in [6.45, 7) is 4.86. The van der Waals surface area contributed by atoms with Crippen molar-refractivity contribution >= 4 is 29.3 Å². The highest BCUT2D eigenvalue weighted by Crippen LogP contribution is 2.23. The van der Waals surface area contributed by atoms with E-state index in [9.17, 15) is 9.59 Å². The molecule has 2 amide bonds. The summed E-state index contributed by atoms with van der Waals surface area (Å²) >= 11 is 1.38. The Morgan fingerprint density at radius 2 is 1.70 bits per heavy atom. The van der Waals surface area contributed by atoms with Gasteiger partial charge in [0.2, 0.25) is 5.91 Å². The van der Waals surface area contributed by atoms with Crippen molar-refractivity contribution in [2.75, 3.05) is 17.6 Å². The Balaban J connectivity index is 1.86. The van der Waals surface area contributed by atoms with Gasteiger partial charge in [-0.1, -0.05) is 56.0 Å². The van der Waals surface area contributed by atoms with Crippen LogP contribution in [-0.4, -0.2) is 24.1 Å². The average Bonchev–Trinajstić information content (AvgIpc) is 2.68. The Hall–Kier alpha value is -2.27. The van der Waals surface area contributed by atoms with Crippen LogP contribution in [0.15, 0.2) is 53.4 Å². The number of carbonyl (C=O) groups is 2. The van der Waals surface area contributed by atoms with Crippen LogP contribution in [0.4, 0.5) is 5.69 Å². The van der Waals surface area contributed by atoms with E-state index in [1.165, 1.54) is 24.6 Å². The molecule has 0 aliphatic rings. The smallest absolute Gasteiger partial charge is 0.252 e. The van der Waals surface area contributed by atoms with Crippen molar-refractivity contribution in [2.45, 2.75) is 44.4 Å².